The molecular weight excluding hydrogens is 328 g/mol. The van der Waals surface area contributed by atoms with Crippen LogP contribution in [0.2, 0.25) is 0 Å². The molecule has 0 unspecified atom stereocenters. The SMILES string of the molecule is Nc1ccc(NC(=O)CN2CC(=O)NC(=O)C2)c(Br)c1. The summed E-state index contributed by atoms with van der Waals surface area (Å²) in [6.07, 6.45) is 0. The van der Waals surface area contributed by atoms with Crippen molar-refractivity contribution in [2.75, 3.05) is 30.7 Å². The van der Waals surface area contributed by atoms with Crippen LogP contribution < -0.4 is 16.4 Å². The molecule has 20 heavy (non-hydrogen) atoms. The summed E-state index contributed by atoms with van der Waals surface area (Å²) in [4.78, 5) is 35.7. The van der Waals surface area contributed by atoms with E-state index in [2.05, 4.69) is 26.6 Å². The third-order valence-corrected chi connectivity index (χ3v) is 3.30. The van der Waals surface area contributed by atoms with Crippen molar-refractivity contribution in [3.8, 4) is 0 Å². The lowest BCUT2D eigenvalue weighted by atomic mass is 10.3. The average Bonchev–Trinajstić information content (AvgIpc) is 2.31. The molecule has 7 nitrogen and oxygen atoms in total. The molecule has 2 rings (SSSR count). The second-order valence-electron chi connectivity index (χ2n) is 4.40. The van der Waals surface area contributed by atoms with Crippen LogP contribution in [-0.2, 0) is 14.4 Å². The van der Waals surface area contributed by atoms with E-state index >= 15 is 0 Å². The zero-order valence-electron chi connectivity index (χ0n) is 10.5. The molecule has 1 aromatic carbocycles. The van der Waals surface area contributed by atoms with E-state index in [4.69, 9.17) is 5.73 Å². The van der Waals surface area contributed by atoms with E-state index in [0.29, 0.717) is 15.8 Å². The Labute approximate surface area is 123 Å². The van der Waals surface area contributed by atoms with Crippen molar-refractivity contribution in [2.45, 2.75) is 0 Å². The minimum Gasteiger partial charge on any atom is -0.399 e. The first-order valence-corrected chi connectivity index (χ1v) is 6.63. The number of nitrogen functional groups attached to an aromatic ring is 1. The second kappa shape index (κ2) is 6.02. The standard InChI is InChI=1S/C12H13BrN4O3/c13-8-3-7(14)1-2-9(8)15-10(18)4-17-5-11(19)16-12(20)6-17/h1-3H,4-6,14H2,(H,15,18)(H,16,19,20). The van der Waals surface area contributed by atoms with Gasteiger partial charge in [0, 0.05) is 10.2 Å². The number of benzene rings is 1. The van der Waals surface area contributed by atoms with Crippen molar-refractivity contribution in [1.29, 1.82) is 0 Å². The van der Waals surface area contributed by atoms with Crippen molar-refractivity contribution in [2.24, 2.45) is 0 Å². The monoisotopic (exact) mass is 340 g/mol. The number of anilines is 2. The van der Waals surface area contributed by atoms with Gasteiger partial charge < -0.3 is 11.1 Å². The Kier molecular flexibility index (Phi) is 4.35. The molecule has 1 aromatic rings. The fraction of sp³-hybridized carbons (Fsp3) is 0.250. The summed E-state index contributed by atoms with van der Waals surface area (Å²) >= 11 is 3.29. The van der Waals surface area contributed by atoms with Crippen LogP contribution in [0, 0.1) is 0 Å². The maximum Gasteiger partial charge on any atom is 0.240 e. The summed E-state index contributed by atoms with van der Waals surface area (Å²) in [7, 11) is 0. The zero-order chi connectivity index (χ0) is 14.7. The van der Waals surface area contributed by atoms with Crippen LogP contribution in [0.15, 0.2) is 22.7 Å². The van der Waals surface area contributed by atoms with E-state index in [1.165, 1.54) is 4.90 Å². The lowest BCUT2D eigenvalue weighted by Crippen LogP contribution is -2.53. The van der Waals surface area contributed by atoms with E-state index < -0.39 is 11.8 Å². The van der Waals surface area contributed by atoms with Crippen molar-refractivity contribution in [3.05, 3.63) is 22.7 Å². The number of nitrogens with two attached hydrogens (primary N) is 1. The van der Waals surface area contributed by atoms with Crippen LogP contribution in [0.5, 0.6) is 0 Å². The highest BCUT2D eigenvalue weighted by Crippen LogP contribution is 2.24. The maximum absolute atomic E-state index is 11.9. The summed E-state index contributed by atoms with van der Waals surface area (Å²) in [6, 6.07) is 5.01. The lowest BCUT2D eigenvalue weighted by Gasteiger charge is -2.24. The Hall–Kier alpha value is -1.93. The number of nitrogens with one attached hydrogen (secondary N) is 2. The number of carbonyl (C=O) groups is 3. The summed E-state index contributed by atoms with van der Waals surface area (Å²) in [5, 5.41) is 4.86. The molecule has 0 atom stereocenters. The fourth-order valence-corrected chi connectivity index (χ4v) is 2.33. The molecule has 1 aliphatic heterocycles. The van der Waals surface area contributed by atoms with Crippen LogP contribution in [0.4, 0.5) is 11.4 Å². The summed E-state index contributed by atoms with van der Waals surface area (Å²) in [6.45, 7) is 0.0279. The smallest absolute Gasteiger partial charge is 0.240 e. The Morgan fingerprint density at radius 2 is 2.00 bits per heavy atom. The fourth-order valence-electron chi connectivity index (χ4n) is 1.83. The number of imide groups is 1. The number of nitrogens with zero attached hydrogens (tertiary/aromatic N) is 1. The van der Waals surface area contributed by atoms with Crippen LogP contribution in [0.1, 0.15) is 0 Å². The molecule has 1 fully saturated rings. The molecule has 1 aliphatic rings. The second-order valence-corrected chi connectivity index (χ2v) is 5.26. The minimum absolute atomic E-state index is 0.0298. The maximum atomic E-state index is 11.9. The van der Waals surface area contributed by atoms with Gasteiger partial charge in [-0.2, -0.15) is 0 Å². The van der Waals surface area contributed by atoms with Gasteiger partial charge in [0.15, 0.2) is 0 Å². The minimum atomic E-state index is -0.400. The lowest BCUT2D eigenvalue weighted by molar-refractivity contribution is -0.136. The van der Waals surface area contributed by atoms with Gasteiger partial charge in [-0.1, -0.05) is 0 Å². The number of carbonyl (C=O) groups excluding carboxylic acids is 3. The number of piperazine rings is 1. The van der Waals surface area contributed by atoms with Crippen LogP contribution >= 0.6 is 15.9 Å². The first kappa shape index (κ1) is 14.5. The quantitative estimate of drug-likeness (QED) is 0.527. The molecule has 1 saturated heterocycles. The molecule has 4 N–H and O–H groups in total. The van der Waals surface area contributed by atoms with Crippen molar-refractivity contribution < 1.29 is 14.4 Å². The van der Waals surface area contributed by atoms with Gasteiger partial charge >= 0.3 is 0 Å². The molecule has 106 valence electrons. The normalized spacial score (nSPS) is 15.8. The Morgan fingerprint density at radius 1 is 1.35 bits per heavy atom. The summed E-state index contributed by atoms with van der Waals surface area (Å²) in [5.41, 5.74) is 6.76. The van der Waals surface area contributed by atoms with Gasteiger partial charge in [0.05, 0.1) is 25.3 Å². The van der Waals surface area contributed by atoms with E-state index in [9.17, 15) is 14.4 Å². The first-order chi connectivity index (χ1) is 9.44. The molecule has 0 aromatic heterocycles. The summed E-state index contributed by atoms with van der Waals surface area (Å²) in [5.74, 6) is -1.11. The summed E-state index contributed by atoms with van der Waals surface area (Å²) < 4.78 is 0.665. The van der Waals surface area contributed by atoms with Crippen molar-refractivity contribution in [3.63, 3.8) is 0 Å². The molecule has 0 spiro atoms. The molecule has 8 heteroatoms. The Morgan fingerprint density at radius 3 is 2.60 bits per heavy atom. The molecule has 0 saturated carbocycles. The molecule has 3 amide bonds. The molecule has 0 aliphatic carbocycles. The van der Waals surface area contributed by atoms with Gasteiger partial charge in [-0.25, -0.2) is 0 Å². The van der Waals surface area contributed by atoms with Crippen molar-refractivity contribution >= 4 is 45.0 Å². The topological polar surface area (TPSA) is 105 Å². The van der Waals surface area contributed by atoms with Gasteiger partial charge in [-0.05, 0) is 34.1 Å². The Balaban J connectivity index is 1.95. The first-order valence-electron chi connectivity index (χ1n) is 5.84. The van der Waals surface area contributed by atoms with Gasteiger partial charge in [-0.15, -0.1) is 0 Å². The molecule has 1 heterocycles. The van der Waals surface area contributed by atoms with Crippen LogP contribution in [-0.4, -0.2) is 42.3 Å². The predicted molar refractivity (Wildman–Crippen MR) is 76.8 cm³/mol. The van der Waals surface area contributed by atoms with Crippen LogP contribution in [0.3, 0.4) is 0 Å². The largest absolute Gasteiger partial charge is 0.399 e. The highest BCUT2D eigenvalue weighted by Gasteiger charge is 2.24. The zero-order valence-corrected chi connectivity index (χ0v) is 12.1. The average molecular weight is 341 g/mol. The molecular formula is C12H13BrN4O3. The number of rotatable bonds is 3. The van der Waals surface area contributed by atoms with Crippen molar-refractivity contribution in [1.82, 2.24) is 10.2 Å². The van der Waals surface area contributed by atoms with Gasteiger partial charge in [-0.3, -0.25) is 24.6 Å². The van der Waals surface area contributed by atoms with Gasteiger partial charge in [0.1, 0.15) is 0 Å². The number of hydrogen-bond donors (Lipinski definition) is 3. The third-order valence-electron chi connectivity index (χ3n) is 2.65. The van der Waals surface area contributed by atoms with E-state index in [1.807, 2.05) is 0 Å². The highest BCUT2D eigenvalue weighted by molar-refractivity contribution is 9.10. The Bertz CT molecular complexity index is 560. The number of amides is 3. The highest BCUT2D eigenvalue weighted by atomic mass is 79.9. The predicted octanol–water partition coefficient (Wildman–Crippen LogP) is -0.0718. The van der Waals surface area contributed by atoms with E-state index in [0.717, 1.165) is 0 Å². The molecule has 0 radical (unpaired) electrons. The van der Waals surface area contributed by atoms with Gasteiger partial charge in [0.2, 0.25) is 17.7 Å². The van der Waals surface area contributed by atoms with Gasteiger partial charge in [0.25, 0.3) is 0 Å². The van der Waals surface area contributed by atoms with Crippen LogP contribution in [0.25, 0.3) is 0 Å². The molecule has 0 bridgehead atoms. The number of hydrogen-bond acceptors (Lipinski definition) is 5. The van der Waals surface area contributed by atoms with E-state index in [1.54, 1.807) is 18.2 Å². The third kappa shape index (κ3) is 3.78. The van der Waals surface area contributed by atoms with E-state index in [-0.39, 0.29) is 25.5 Å². The number of halogens is 1.